The SMILES string of the molecule is CC(N)C1CCC(c2ccc([N+](=O)[O-])cc2)CC1.O=C([O-])C(=O)[O-]. The molecule has 1 saturated carbocycles. The molecule has 8 heteroatoms. The summed E-state index contributed by atoms with van der Waals surface area (Å²) in [6.07, 6.45) is 4.62. The van der Waals surface area contributed by atoms with E-state index in [0.29, 0.717) is 11.8 Å². The number of aliphatic carboxylic acids is 2. The molecular weight excluding hydrogens is 316 g/mol. The molecule has 24 heavy (non-hydrogen) atoms. The van der Waals surface area contributed by atoms with Gasteiger partial charge in [-0.2, -0.15) is 0 Å². The normalized spacial score (nSPS) is 21.1. The summed E-state index contributed by atoms with van der Waals surface area (Å²) in [6, 6.07) is 7.28. The molecule has 1 aromatic carbocycles. The first-order valence-corrected chi connectivity index (χ1v) is 7.64. The highest BCUT2D eigenvalue weighted by Crippen LogP contribution is 2.37. The highest BCUT2D eigenvalue weighted by molar-refractivity contribution is 6.25. The molecule has 1 atom stereocenters. The van der Waals surface area contributed by atoms with E-state index in [4.69, 9.17) is 25.5 Å². The fourth-order valence-electron chi connectivity index (χ4n) is 2.85. The maximum Gasteiger partial charge on any atom is 0.269 e. The lowest BCUT2D eigenvalue weighted by molar-refractivity contribution is -0.384. The lowest BCUT2D eigenvalue weighted by Gasteiger charge is -2.30. The molecule has 1 unspecified atom stereocenters. The van der Waals surface area contributed by atoms with Gasteiger partial charge in [-0.1, -0.05) is 12.1 Å². The van der Waals surface area contributed by atoms with Crippen molar-refractivity contribution >= 4 is 17.6 Å². The van der Waals surface area contributed by atoms with Crippen molar-refractivity contribution in [2.75, 3.05) is 0 Å². The van der Waals surface area contributed by atoms with Crippen molar-refractivity contribution in [3.05, 3.63) is 39.9 Å². The van der Waals surface area contributed by atoms with Crippen molar-refractivity contribution in [2.24, 2.45) is 11.7 Å². The van der Waals surface area contributed by atoms with E-state index in [1.54, 1.807) is 12.1 Å². The maximum atomic E-state index is 10.6. The van der Waals surface area contributed by atoms with E-state index in [1.807, 2.05) is 12.1 Å². The predicted octanol–water partition coefficient (Wildman–Crippen LogP) is -0.298. The fourth-order valence-corrected chi connectivity index (χ4v) is 2.85. The zero-order valence-electron chi connectivity index (χ0n) is 13.3. The lowest BCUT2D eigenvalue weighted by atomic mass is 9.76. The van der Waals surface area contributed by atoms with E-state index in [1.165, 1.54) is 18.4 Å². The second-order valence-corrected chi connectivity index (χ2v) is 5.89. The van der Waals surface area contributed by atoms with E-state index >= 15 is 0 Å². The Morgan fingerprint density at radius 2 is 1.54 bits per heavy atom. The molecule has 0 saturated heterocycles. The van der Waals surface area contributed by atoms with Gasteiger partial charge in [0.15, 0.2) is 0 Å². The average Bonchev–Trinajstić information content (AvgIpc) is 2.55. The Hall–Kier alpha value is -2.48. The number of carboxylic acid groups (broad SMARTS) is 2. The Morgan fingerprint density at radius 3 is 1.88 bits per heavy atom. The molecular formula is C16H20N2O6-2. The maximum absolute atomic E-state index is 10.6. The first kappa shape index (κ1) is 19.6. The van der Waals surface area contributed by atoms with Crippen molar-refractivity contribution in [3.63, 3.8) is 0 Å². The number of nitro groups is 1. The smallest absolute Gasteiger partial charge is 0.269 e. The molecule has 132 valence electrons. The van der Waals surface area contributed by atoms with E-state index in [2.05, 4.69) is 6.92 Å². The van der Waals surface area contributed by atoms with Gasteiger partial charge in [-0.3, -0.25) is 10.1 Å². The van der Waals surface area contributed by atoms with Crippen LogP contribution in [0.1, 0.15) is 44.1 Å². The molecule has 0 radical (unpaired) electrons. The molecule has 0 spiro atoms. The van der Waals surface area contributed by atoms with Gasteiger partial charge in [0.2, 0.25) is 0 Å². The first-order valence-electron chi connectivity index (χ1n) is 7.64. The number of benzene rings is 1. The first-order chi connectivity index (χ1) is 11.2. The van der Waals surface area contributed by atoms with Crippen LogP contribution in [0.25, 0.3) is 0 Å². The fraction of sp³-hybridized carbons (Fsp3) is 0.500. The van der Waals surface area contributed by atoms with Crippen molar-refractivity contribution in [2.45, 2.75) is 44.6 Å². The summed E-state index contributed by atoms with van der Waals surface area (Å²) in [6.45, 7) is 2.08. The average molecular weight is 336 g/mol. The molecule has 1 aliphatic rings. The molecule has 1 aliphatic carbocycles. The molecule has 1 fully saturated rings. The van der Waals surface area contributed by atoms with Crippen LogP contribution in [0.4, 0.5) is 5.69 Å². The van der Waals surface area contributed by atoms with E-state index in [9.17, 15) is 10.1 Å². The highest BCUT2D eigenvalue weighted by Gasteiger charge is 2.24. The number of rotatable bonds is 3. The zero-order chi connectivity index (χ0) is 18.3. The number of nitrogens with zero attached hydrogens (tertiary/aromatic N) is 1. The number of nitrogens with two attached hydrogens (primary N) is 1. The molecule has 2 N–H and O–H groups in total. The molecule has 1 aromatic rings. The van der Waals surface area contributed by atoms with Gasteiger partial charge in [0.1, 0.15) is 0 Å². The van der Waals surface area contributed by atoms with Gasteiger partial charge in [-0.05, 0) is 50.0 Å². The molecule has 0 amide bonds. The summed E-state index contributed by atoms with van der Waals surface area (Å²) >= 11 is 0. The number of hydrogen-bond acceptors (Lipinski definition) is 7. The van der Waals surface area contributed by atoms with Gasteiger partial charge in [-0.25, -0.2) is 0 Å². The van der Waals surface area contributed by atoms with Gasteiger partial charge in [0, 0.05) is 18.2 Å². The topological polar surface area (TPSA) is 149 Å². The quantitative estimate of drug-likeness (QED) is 0.452. The number of non-ortho nitro benzene ring substituents is 1. The van der Waals surface area contributed by atoms with Crippen LogP contribution in [0.3, 0.4) is 0 Å². The highest BCUT2D eigenvalue weighted by atomic mass is 16.6. The van der Waals surface area contributed by atoms with Crippen LogP contribution in [0.2, 0.25) is 0 Å². The Balaban J connectivity index is 0.000000413. The number of carboxylic acids is 2. The van der Waals surface area contributed by atoms with Crippen LogP contribution in [0, 0.1) is 16.0 Å². The minimum absolute atomic E-state index is 0.169. The minimum Gasteiger partial charge on any atom is -0.543 e. The Kier molecular flexibility index (Phi) is 7.31. The largest absolute Gasteiger partial charge is 0.543 e. The Labute approximate surface area is 139 Å². The zero-order valence-corrected chi connectivity index (χ0v) is 13.3. The van der Waals surface area contributed by atoms with Crippen LogP contribution in [-0.2, 0) is 9.59 Å². The summed E-state index contributed by atoms with van der Waals surface area (Å²) < 4.78 is 0. The third-order valence-corrected chi connectivity index (χ3v) is 4.26. The number of carbonyl (C=O) groups is 2. The summed E-state index contributed by atoms with van der Waals surface area (Å²) in [5.41, 5.74) is 7.32. The Morgan fingerprint density at radius 1 is 1.08 bits per heavy atom. The van der Waals surface area contributed by atoms with Crippen LogP contribution in [0.15, 0.2) is 24.3 Å². The Bertz CT molecular complexity index is 565. The van der Waals surface area contributed by atoms with Gasteiger partial charge in [-0.15, -0.1) is 0 Å². The van der Waals surface area contributed by atoms with Crippen molar-refractivity contribution in [1.82, 2.24) is 0 Å². The van der Waals surface area contributed by atoms with Crippen LogP contribution in [0.5, 0.6) is 0 Å². The van der Waals surface area contributed by atoms with Crippen molar-refractivity contribution < 1.29 is 24.7 Å². The molecule has 0 aliphatic heterocycles. The summed E-state index contributed by atoms with van der Waals surface area (Å²) in [5, 5.41) is 28.4. The molecule has 8 nitrogen and oxygen atoms in total. The van der Waals surface area contributed by atoms with Crippen molar-refractivity contribution in [3.8, 4) is 0 Å². The van der Waals surface area contributed by atoms with E-state index < -0.39 is 11.9 Å². The monoisotopic (exact) mass is 336 g/mol. The lowest BCUT2D eigenvalue weighted by Crippen LogP contribution is -2.42. The van der Waals surface area contributed by atoms with Crippen LogP contribution in [-0.4, -0.2) is 22.9 Å². The standard InChI is InChI=1S/C14H20N2O2.C2H2O4/c1-10(15)11-2-4-12(5-3-11)13-6-8-14(9-7-13)16(17)18;3-1(4)2(5)6/h6-12H,2-5,15H2,1H3;(H,3,4)(H,5,6)/p-2. The molecule has 0 bridgehead atoms. The number of carbonyl (C=O) groups excluding carboxylic acids is 2. The van der Waals surface area contributed by atoms with Gasteiger partial charge >= 0.3 is 0 Å². The van der Waals surface area contributed by atoms with Crippen LogP contribution >= 0.6 is 0 Å². The molecule has 0 heterocycles. The third kappa shape index (κ3) is 5.96. The predicted molar refractivity (Wildman–Crippen MR) is 81.5 cm³/mol. The van der Waals surface area contributed by atoms with E-state index in [0.717, 1.165) is 12.8 Å². The van der Waals surface area contributed by atoms with Crippen molar-refractivity contribution in [1.29, 1.82) is 0 Å². The minimum atomic E-state index is -2.19. The van der Waals surface area contributed by atoms with E-state index in [-0.39, 0.29) is 16.7 Å². The molecule has 2 rings (SSSR count). The van der Waals surface area contributed by atoms with Gasteiger partial charge in [0.25, 0.3) is 5.69 Å². The summed E-state index contributed by atoms with van der Waals surface area (Å²) in [4.78, 5) is 28.1. The van der Waals surface area contributed by atoms with Crippen LogP contribution < -0.4 is 15.9 Å². The summed E-state index contributed by atoms with van der Waals surface area (Å²) in [7, 11) is 0. The second-order valence-electron chi connectivity index (χ2n) is 5.89. The van der Waals surface area contributed by atoms with Gasteiger partial charge in [0.05, 0.1) is 16.9 Å². The number of nitro benzene ring substituents is 1. The second kappa shape index (κ2) is 8.97. The third-order valence-electron chi connectivity index (χ3n) is 4.26. The van der Waals surface area contributed by atoms with Gasteiger partial charge < -0.3 is 25.5 Å². The summed E-state index contributed by atoms with van der Waals surface area (Å²) in [5.74, 6) is -3.19. The number of hydrogen-bond donors (Lipinski definition) is 1. The molecule has 0 aromatic heterocycles.